The molecule has 1 aromatic heterocycles. The van der Waals surface area contributed by atoms with Crippen molar-refractivity contribution in [1.29, 1.82) is 0 Å². The van der Waals surface area contributed by atoms with Gasteiger partial charge in [-0.1, -0.05) is 12.1 Å². The number of aromatic amines is 1. The van der Waals surface area contributed by atoms with E-state index in [1.54, 1.807) is 23.1 Å². The van der Waals surface area contributed by atoms with Crippen LogP contribution in [0.3, 0.4) is 0 Å². The van der Waals surface area contributed by atoms with E-state index in [-0.39, 0.29) is 25.0 Å². The molecule has 2 aromatic carbocycles. The predicted molar refractivity (Wildman–Crippen MR) is 97.7 cm³/mol. The minimum atomic E-state index is -0.446. The summed E-state index contributed by atoms with van der Waals surface area (Å²) < 4.78 is 10.6. The van der Waals surface area contributed by atoms with Gasteiger partial charge in [0.2, 0.25) is 18.6 Å². The van der Waals surface area contributed by atoms with Crippen LogP contribution in [0.1, 0.15) is 6.42 Å². The molecule has 27 heavy (non-hydrogen) atoms. The first kappa shape index (κ1) is 15.7. The fraction of sp³-hybridized carbons (Fsp3) is 0.211. The maximum absolute atomic E-state index is 12.6. The molecule has 1 atom stereocenters. The zero-order valence-corrected chi connectivity index (χ0v) is 14.3. The quantitative estimate of drug-likeness (QED) is 0.743. The number of ether oxygens (including phenoxy) is 2. The van der Waals surface area contributed by atoms with Gasteiger partial charge in [-0.15, -0.1) is 0 Å². The van der Waals surface area contributed by atoms with Crippen molar-refractivity contribution in [3.8, 4) is 11.5 Å². The van der Waals surface area contributed by atoms with Crippen LogP contribution in [0, 0.1) is 5.92 Å². The van der Waals surface area contributed by atoms with E-state index in [4.69, 9.17) is 9.47 Å². The SMILES string of the molecule is O=C(Nc1ccc2c(c1)OCO2)[C@H]1CC(=O)N(c2n[nH]c3ccccc23)C1. The molecule has 2 amide bonds. The second kappa shape index (κ2) is 6.01. The molecule has 1 fully saturated rings. The highest BCUT2D eigenvalue weighted by atomic mass is 16.7. The van der Waals surface area contributed by atoms with Gasteiger partial charge in [0.15, 0.2) is 17.3 Å². The van der Waals surface area contributed by atoms with Gasteiger partial charge in [-0.25, -0.2) is 0 Å². The number of nitrogens with one attached hydrogen (secondary N) is 2. The number of rotatable bonds is 3. The summed E-state index contributed by atoms with van der Waals surface area (Å²) in [5, 5.41) is 10.9. The van der Waals surface area contributed by atoms with E-state index in [0.717, 1.165) is 10.9 Å². The van der Waals surface area contributed by atoms with Crippen LogP contribution in [0.15, 0.2) is 42.5 Å². The molecule has 3 aromatic rings. The first-order valence-corrected chi connectivity index (χ1v) is 8.63. The predicted octanol–water partition coefficient (Wildman–Crippen LogP) is 2.28. The summed E-state index contributed by atoms with van der Waals surface area (Å²) in [6.45, 7) is 0.473. The Balaban J connectivity index is 1.33. The van der Waals surface area contributed by atoms with Gasteiger partial charge in [0.05, 0.1) is 11.4 Å². The van der Waals surface area contributed by atoms with Crippen LogP contribution < -0.4 is 19.7 Å². The summed E-state index contributed by atoms with van der Waals surface area (Å²) in [4.78, 5) is 26.7. The molecule has 8 nitrogen and oxygen atoms in total. The molecule has 2 aliphatic rings. The third-order valence-corrected chi connectivity index (χ3v) is 4.84. The third-order valence-electron chi connectivity index (χ3n) is 4.84. The number of hydrogen-bond acceptors (Lipinski definition) is 5. The van der Waals surface area contributed by atoms with E-state index in [1.165, 1.54) is 0 Å². The van der Waals surface area contributed by atoms with Crippen molar-refractivity contribution in [3.05, 3.63) is 42.5 Å². The lowest BCUT2D eigenvalue weighted by molar-refractivity contribution is -0.122. The second-order valence-corrected chi connectivity index (χ2v) is 6.56. The molecule has 0 radical (unpaired) electrons. The lowest BCUT2D eigenvalue weighted by atomic mass is 10.1. The molecular weight excluding hydrogens is 348 g/mol. The number of fused-ring (bicyclic) bond motifs is 2. The lowest BCUT2D eigenvalue weighted by Crippen LogP contribution is -2.28. The minimum absolute atomic E-state index is 0.113. The molecule has 0 bridgehead atoms. The van der Waals surface area contributed by atoms with Crippen LogP contribution in [0.25, 0.3) is 10.9 Å². The van der Waals surface area contributed by atoms with Crippen LogP contribution in [0.4, 0.5) is 11.5 Å². The first-order valence-electron chi connectivity index (χ1n) is 8.63. The van der Waals surface area contributed by atoms with Crippen LogP contribution in [-0.4, -0.2) is 35.3 Å². The summed E-state index contributed by atoms with van der Waals surface area (Å²) in [6.07, 6.45) is 0.150. The van der Waals surface area contributed by atoms with E-state index in [1.807, 2.05) is 24.3 Å². The van der Waals surface area contributed by atoms with Crippen molar-refractivity contribution in [2.24, 2.45) is 5.92 Å². The minimum Gasteiger partial charge on any atom is -0.454 e. The summed E-state index contributed by atoms with van der Waals surface area (Å²) >= 11 is 0. The number of nitrogens with zero attached hydrogens (tertiary/aromatic N) is 2. The smallest absolute Gasteiger partial charge is 0.231 e. The van der Waals surface area contributed by atoms with Gasteiger partial charge < -0.3 is 14.8 Å². The number of H-pyrrole nitrogens is 1. The largest absolute Gasteiger partial charge is 0.454 e. The van der Waals surface area contributed by atoms with E-state index in [0.29, 0.717) is 29.5 Å². The molecule has 1 saturated heterocycles. The molecule has 2 N–H and O–H groups in total. The van der Waals surface area contributed by atoms with Crippen LogP contribution >= 0.6 is 0 Å². The van der Waals surface area contributed by atoms with E-state index < -0.39 is 5.92 Å². The highest BCUT2D eigenvalue weighted by Crippen LogP contribution is 2.35. The summed E-state index contributed by atoms with van der Waals surface area (Å²) in [6, 6.07) is 12.8. The Morgan fingerprint density at radius 2 is 2.04 bits per heavy atom. The molecule has 136 valence electrons. The number of anilines is 2. The van der Waals surface area contributed by atoms with Crippen molar-refractivity contribution < 1.29 is 19.1 Å². The molecule has 2 aliphatic heterocycles. The first-order chi connectivity index (χ1) is 13.2. The number of benzene rings is 2. The Labute approximate surface area is 154 Å². The topological polar surface area (TPSA) is 96.5 Å². The third kappa shape index (κ3) is 2.66. The highest BCUT2D eigenvalue weighted by Gasteiger charge is 2.37. The van der Waals surface area contributed by atoms with Gasteiger partial charge in [0, 0.05) is 30.1 Å². The summed E-state index contributed by atoms with van der Waals surface area (Å²) in [7, 11) is 0. The van der Waals surface area contributed by atoms with E-state index in [2.05, 4.69) is 15.5 Å². The molecule has 0 spiro atoms. The molecule has 3 heterocycles. The maximum atomic E-state index is 12.6. The highest BCUT2D eigenvalue weighted by molar-refractivity contribution is 6.07. The maximum Gasteiger partial charge on any atom is 0.231 e. The zero-order chi connectivity index (χ0) is 18.4. The van der Waals surface area contributed by atoms with Gasteiger partial charge in [0.1, 0.15) is 0 Å². The molecule has 0 unspecified atom stereocenters. The number of aromatic nitrogens is 2. The van der Waals surface area contributed by atoms with Crippen molar-refractivity contribution in [2.75, 3.05) is 23.6 Å². The van der Waals surface area contributed by atoms with Crippen LogP contribution in [-0.2, 0) is 9.59 Å². The summed E-state index contributed by atoms with van der Waals surface area (Å²) in [5.74, 6) is 1.05. The Morgan fingerprint density at radius 3 is 2.96 bits per heavy atom. The van der Waals surface area contributed by atoms with Gasteiger partial charge in [-0.2, -0.15) is 5.10 Å². The van der Waals surface area contributed by atoms with Crippen molar-refractivity contribution in [3.63, 3.8) is 0 Å². The van der Waals surface area contributed by atoms with Crippen molar-refractivity contribution in [2.45, 2.75) is 6.42 Å². The normalized spacial score (nSPS) is 18.3. The number of amides is 2. The monoisotopic (exact) mass is 364 g/mol. The number of hydrogen-bond donors (Lipinski definition) is 2. The number of para-hydroxylation sites is 1. The Hall–Kier alpha value is -3.55. The summed E-state index contributed by atoms with van der Waals surface area (Å²) in [5.41, 5.74) is 1.47. The van der Waals surface area contributed by atoms with Crippen molar-refractivity contribution >= 4 is 34.2 Å². The number of carbonyl (C=O) groups excluding carboxylic acids is 2. The standard InChI is InChI=1S/C19H16N4O4/c24-17-7-11(9-23(17)18-13-3-1-2-4-14(13)21-22-18)19(25)20-12-5-6-15-16(8-12)27-10-26-15/h1-6,8,11H,7,9-10H2,(H,20,25)(H,21,22)/t11-/m0/s1. The number of carbonyl (C=O) groups is 2. The average molecular weight is 364 g/mol. The zero-order valence-electron chi connectivity index (χ0n) is 14.3. The van der Waals surface area contributed by atoms with Gasteiger partial charge in [0.25, 0.3) is 0 Å². The fourth-order valence-corrected chi connectivity index (χ4v) is 3.46. The van der Waals surface area contributed by atoms with E-state index >= 15 is 0 Å². The van der Waals surface area contributed by atoms with Gasteiger partial charge in [-0.05, 0) is 24.3 Å². The molecule has 8 heteroatoms. The van der Waals surface area contributed by atoms with Gasteiger partial charge >= 0.3 is 0 Å². The Bertz CT molecular complexity index is 1060. The second-order valence-electron chi connectivity index (χ2n) is 6.56. The van der Waals surface area contributed by atoms with Gasteiger partial charge in [-0.3, -0.25) is 19.6 Å². The Morgan fingerprint density at radius 1 is 1.19 bits per heavy atom. The van der Waals surface area contributed by atoms with Crippen molar-refractivity contribution in [1.82, 2.24) is 10.2 Å². The van der Waals surface area contributed by atoms with Crippen LogP contribution in [0.2, 0.25) is 0 Å². The Kier molecular flexibility index (Phi) is 3.49. The molecule has 5 rings (SSSR count). The fourth-order valence-electron chi connectivity index (χ4n) is 3.46. The molecular formula is C19H16N4O4. The van der Waals surface area contributed by atoms with E-state index in [9.17, 15) is 9.59 Å². The molecule has 0 aliphatic carbocycles. The van der Waals surface area contributed by atoms with Crippen LogP contribution in [0.5, 0.6) is 11.5 Å². The lowest BCUT2D eigenvalue weighted by Gasteiger charge is -2.14. The molecule has 0 saturated carbocycles. The average Bonchev–Trinajstić information content (AvgIpc) is 3.38.